The number of rotatable bonds is 6. The van der Waals surface area contributed by atoms with E-state index in [1.165, 1.54) is 0 Å². The van der Waals surface area contributed by atoms with Gasteiger partial charge in [0.05, 0.1) is 25.1 Å². The number of benzene rings is 1. The van der Waals surface area contributed by atoms with Crippen LogP contribution in [0.5, 0.6) is 5.88 Å². The Morgan fingerprint density at radius 2 is 2.15 bits per heavy atom. The molecular weight excluding hydrogens is 252 g/mol. The normalized spacial score (nSPS) is 11.9. The molecule has 0 saturated carbocycles. The SMILES string of the molecule is CCOc1ccc(NC(C)c2cccc(CO)c2)cn1. The Hall–Kier alpha value is -2.07. The molecule has 0 saturated heterocycles. The average Bonchev–Trinajstić information content (AvgIpc) is 2.49. The quantitative estimate of drug-likeness (QED) is 0.848. The van der Waals surface area contributed by atoms with Crippen LogP contribution in [0.2, 0.25) is 0 Å². The summed E-state index contributed by atoms with van der Waals surface area (Å²) < 4.78 is 5.31. The molecule has 2 rings (SSSR count). The lowest BCUT2D eigenvalue weighted by Gasteiger charge is -2.16. The first kappa shape index (κ1) is 14.3. The Bertz CT molecular complexity index is 540. The lowest BCUT2D eigenvalue weighted by atomic mass is 10.1. The lowest BCUT2D eigenvalue weighted by Crippen LogP contribution is -2.07. The van der Waals surface area contributed by atoms with Crippen LogP contribution in [0.1, 0.15) is 31.0 Å². The molecule has 4 heteroatoms. The second-order valence-corrected chi connectivity index (χ2v) is 4.59. The summed E-state index contributed by atoms with van der Waals surface area (Å²) in [6, 6.07) is 11.8. The van der Waals surface area contributed by atoms with Crippen molar-refractivity contribution >= 4 is 5.69 Å². The fourth-order valence-corrected chi connectivity index (χ4v) is 1.99. The molecule has 1 aromatic carbocycles. The van der Waals surface area contributed by atoms with Gasteiger partial charge in [-0.15, -0.1) is 0 Å². The molecule has 2 aromatic rings. The van der Waals surface area contributed by atoms with Gasteiger partial charge in [0, 0.05) is 12.1 Å². The van der Waals surface area contributed by atoms with Crippen molar-refractivity contribution in [1.29, 1.82) is 0 Å². The van der Waals surface area contributed by atoms with Gasteiger partial charge in [-0.3, -0.25) is 0 Å². The van der Waals surface area contributed by atoms with Crippen molar-refractivity contribution in [3.63, 3.8) is 0 Å². The monoisotopic (exact) mass is 272 g/mol. The van der Waals surface area contributed by atoms with E-state index in [0.29, 0.717) is 12.5 Å². The van der Waals surface area contributed by atoms with E-state index in [1.54, 1.807) is 6.20 Å². The summed E-state index contributed by atoms with van der Waals surface area (Å²) in [5, 5.41) is 12.5. The molecule has 0 radical (unpaired) electrons. The third-order valence-corrected chi connectivity index (χ3v) is 3.05. The predicted octanol–water partition coefficient (Wildman–Crippen LogP) is 3.15. The highest BCUT2D eigenvalue weighted by molar-refractivity contribution is 5.44. The van der Waals surface area contributed by atoms with Gasteiger partial charge < -0.3 is 15.2 Å². The van der Waals surface area contributed by atoms with Gasteiger partial charge in [-0.25, -0.2) is 4.98 Å². The minimum Gasteiger partial charge on any atom is -0.478 e. The molecule has 106 valence electrons. The summed E-state index contributed by atoms with van der Waals surface area (Å²) >= 11 is 0. The number of aromatic nitrogens is 1. The standard InChI is InChI=1S/C16H20N2O2/c1-3-20-16-8-7-15(10-17-16)18-12(2)14-6-4-5-13(9-14)11-19/h4-10,12,18-19H,3,11H2,1-2H3. The maximum absolute atomic E-state index is 9.17. The summed E-state index contributed by atoms with van der Waals surface area (Å²) in [6.45, 7) is 4.69. The molecule has 2 N–H and O–H groups in total. The lowest BCUT2D eigenvalue weighted by molar-refractivity contribution is 0.281. The minimum absolute atomic E-state index is 0.0607. The van der Waals surface area contributed by atoms with Crippen LogP contribution in [0.3, 0.4) is 0 Å². The summed E-state index contributed by atoms with van der Waals surface area (Å²) in [7, 11) is 0. The molecule has 4 nitrogen and oxygen atoms in total. The van der Waals surface area contributed by atoms with Crippen LogP contribution in [0.25, 0.3) is 0 Å². The average molecular weight is 272 g/mol. The van der Waals surface area contributed by atoms with Crippen molar-refractivity contribution < 1.29 is 9.84 Å². The molecule has 0 amide bonds. The van der Waals surface area contributed by atoms with Gasteiger partial charge in [-0.2, -0.15) is 0 Å². The molecule has 0 bridgehead atoms. The second-order valence-electron chi connectivity index (χ2n) is 4.59. The molecule has 1 unspecified atom stereocenters. The van der Waals surface area contributed by atoms with Crippen molar-refractivity contribution in [3.8, 4) is 5.88 Å². The van der Waals surface area contributed by atoms with E-state index >= 15 is 0 Å². The molecule has 0 fully saturated rings. The van der Waals surface area contributed by atoms with E-state index in [2.05, 4.69) is 17.2 Å². The van der Waals surface area contributed by atoms with Crippen molar-refractivity contribution in [2.24, 2.45) is 0 Å². The number of anilines is 1. The van der Waals surface area contributed by atoms with Crippen LogP contribution < -0.4 is 10.1 Å². The molecule has 0 spiro atoms. The Morgan fingerprint density at radius 3 is 2.80 bits per heavy atom. The van der Waals surface area contributed by atoms with Crippen LogP contribution in [0, 0.1) is 0 Å². The van der Waals surface area contributed by atoms with Gasteiger partial charge in [0.15, 0.2) is 0 Å². The van der Waals surface area contributed by atoms with Gasteiger partial charge in [-0.05, 0) is 31.0 Å². The number of ether oxygens (including phenoxy) is 1. The first-order valence-corrected chi connectivity index (χ1v) is 6.78. The van der Waals surface area contributed by atoms with E-state index in [4.69, 9.17) is 4.74 Å². The number of aliphatic hydroxyl groups is 1. The van der Waals surface area contributed by atoms with Gasteiger partial charge in [0.25, 0.3) is 0 Å². The Balaban J connectivity index is 2.04. The Labute approximate surface area is 119 Å². The summed E-state index contributed by atoms with van der Waals surface area (Å²) in [5.74, 6) is 0.632. The zero-order valence-electron chi connectivity index (χ0n) is 11.8. The highest BCUT2D eigenvalue weighted by Crippen LogP contribution is 2.20. The number of pyridine rings is 1. The summed E-state index contributed by atoms with van der Waals surface area (Å²) in [5.41, 5.74) is 2.99. The van der Waals surface area contributed by atoms with Crippen molar-refractivity contribution in [2.75, 3.05) is 11.9 Å². The zero-order valence-corrected chi connectivity index (χ0v) is 11.8. The van der Waals surface area contributed by atoms with Gasteiger partial charge in [0.1, 0.15) is 0 Å². The first-order valence-electron chi connectivity index (χ1n) is 6.78. The predicted molar refractivity (Wildman–Crippen MR) is 79.8 cm³/mol. The Morgan fingerprint density at radius 1 is 1.30 bits per heavy atom. The number of nitrogens with one attached hydrogen (secondary N) is 1. The molecule has 1 heterocycles. The Kier molecular flexibility index (Phi) is 4.96. The second kappa shape index (κ2) is 6.91. The maximum atomic E-state index is 9.17. The van der Waals surface area contributed by atoms with Crippen molar-refractivity contribution in [2.45, 2.75) is 26.5 Å². The highest BCUT2D eigenvalue weighted by atomic mass is 16.5. The van der Waals surface area contributed by atoms with Crippen LogP contribution in [-0.2, 0) is 6.61 Å². The van der Waals surface area contributed by atoms with E-state index < -0.39 is 0 Å². The van der Waals surface area contributed by atoms with Crippen LogP contribution in [0.4, 0.5) is 5.69 Å². The van der Waals surface area contributed by atoms with Crippen molar-refractivity contribution in [3.05, 3.63) is 53.7 Å². The number of nitrogens with zero attached hydrogens (tertiary/aromatic N) is 1. The fourth-order valence-electron chi connectivity index (χ4n) is 1.99. The minimum atomic E-state index is 0.0607. The fraction of sp³-hybridized carbons (Fsp3) is 0.312. The summed E-state index contributed by atoms with van der Waals surface area (Å²) in [4.78, 5) is 4.22. The van der Waals surface area contributed by atoms with Gasteiger partial charge >= 0.3 is 0 Å². The molecule has 0 aliphatic heterocycles. The van der Waals surface area contributed by atoms with E-state index in [0.717, 1.165) is 16.8 Å². The first-order chi connectivity index (χ1) is 9.72. The van der Waals surface area contributed by atoms with E-state index in [9.17, 15) is 5.11 Å². The smallest absolute Gasteiger partial charge is 0.213 e. The van der Waals surface area contributed by atoms with Gasteiger partial charge in [-0.1, -0.05) is 24.3 Å². The molecule has 1 aromatic heterocycles. The van der Waals surface area contributed by atoms with Crippen LogP contribution in [0.15, 0.2) is 42.6 Å². The van der Waals surface area contributed by atoms with Crippen LogP contribution in [-0.4, -0.2) is 16.7 Å². The zero-order chi connectivity index (χ0) is 14.4. The van der Waals surface area contributed by atoms with Crippen molar-refractivity contribution in [1.82, 2.24) is 4.98 Å². The third-order valence-electron chi connectivity index (χ3n) is 3.05. The van der Waals surface area contributed by atoms with Gasteiger partial charge in [0.2, 0.25) is 5.88 Å². The molecule has 0 aliphatic rings. The van der Waals surface area contributed by atoms with E-state index in [1.807, 2.05) is 43.3 Å². The molecule has 20 heavy (non-hydrogen) atoms. The topological polar surface area (TPSA) is 54.4 Å². The maximum Gasteiger partial charge on any atom is 0.213 e. The number of hydrogen-bond donors (Lipinski definition) is 2. The van der Waals surface area contributed by atoms with Crippen LogP contribution >= 0.6 is 0 Å². The van der Waals surface area contributed by atoms with E-state index in [-0.39, 0.29) is 12.6 Å². The molecule has 0 aliphatic carbocycles. The highest BCUT2D eigenvalue weighted by Gasteiger charge is 2.06. The number of hydrogen-bond acceptors (Lipinski definition) is 4. The largest absolute Gasteiger partial charge is 0.478 e. The molecule has 1 atom stereocenters. The third kappa shape index (κ3) is 3.71. The number of aliphatic hydroxyl groups excluding tert-OH is 1. The summed E-state index contributed by atoms with van der Waals surface area (Å²) in [6.07, 6.45) is 1.76. The molecular formula is C16H20N2O2.